The van der Waals surface area contributed by atoms with E-state index in [0.717, 1.165) is 45.1 Å². The smallest absolute Gasteiger partial charge is 0.230 e. The van der Waals surface area contributed by atoms with E-state index in [4.69, 9.17) is 9.72 Å². The van der Waals surface area contributed by atoms with Crippen LogP contribution in [0.3, 0.4) is 0 Å². The lowest BCUT2D eigenvalue weighted by Crippen LogP contribution is -2.27. The number of thioether (sulfide) groups is 1. The fourth-order valence-electron chi connectivity index (χ4n) is 3.80. The Labute approximate surface area is 210 Å². The Balaban J connectivity index is 1.54. The molecule has 0 saturated heterocycles. The van der Waals surface area contributed by atoms with Gasteiger partial charge < -0.3 is 14.6 Å². The van der Waals surface area contributed by atoms with Crippen molar-refractivity contribution in [1.29, 1.82) is 0 Å². The molecular weight excluding hydrogens is 458 g/mol. The Morgan fingerprint density at radius 1 is 1.09 bits per heavy atom. The van der Waals surface area contributed by atoms with Crippen molar-refractivity contribution in [2.45, 2.75) is 45.0 Å². The summed E-state index contributed by atoms with van der Waals surface area (Å²) in [6, 6.07) is 20.3. The molecule has 0 aliphatic heterocycles. The molecule has 0 spiro atoms. The Kier molecular flexibility index (Phi) is 8.50. The van der Waals surface area contributed by atoms with Gasteiger partial charge in [-0.3, -0.25) is 4.79 Å². The van der Waals surface area contributed by atoms with Crippen molar-refractivity contribution in [2.24, 2.45) is 0 Å². The summed E-state index contributed by atoms with van der Waals surface area (Å²) in [4.78, 5) is 17.2. The summed E-state index contributed by atoms with van der Waals surface area (Å²) in [5, 5.41) is 13.7. The van der Waals surface area contributed by atoms with Crippen molar-refractivity contribution in [3.05, 3.63) is 60.7 Å². The van der Waals surface area contributed by atoms with Gasteiger partial charge in [-0.05, 0) is 39.3 Å². The Hall–Kier alpha value is -3.23. The maximum Gasteiger partial charge on any atom is 0.230 e. The summed E-state index contributed by atoms with van der Waals surface area (Å²) in [7, 11) is 0. The van der Waals surface area contributed by atoms with Crippen molar-refractivity contribution >= 4 is 28.6 Å². The quantitative estimate of drug-likeness (QED) is 0.230. The van der Waals surface area contributed by atoms with E-state index >= 15 is 0 Å². The Morgan fingerprint density at radius 3 is 2.63 bits per heavy atom. The number of hydrogen-bond acceptors (Lipinski definition) is 6. The first-order valence-corrected chi connectivity index (χ1v) is 12.9. The summed E-state index contributed by atoms with van der Waals surface area (Å²) in [5.41, 5.74) is 3.82. The SMILES string of the molecule is CCn1c(SCC(=O)NCCCOC(C)C)nnc1-c1cc(-c2ccccc2)nc2ccccc12. The van der Waals surface area contributed by atoms with Crippen LogP contribution in [0.5, 0.6) is 0 Å². The van der Waals surface area contributed by atoms with E-state index in [0.29, 0.717) is 19.7 Å². The molecule has 4 aromatic rings. The lowest BCUT2D eigenvalue weighted by molar-refractivity contribution is -0.118. The van der Waals surface area contributed by atoms with Gasteiger partial charge in [0.2, 0.25) is 5.91 Å². The molecule has 182 valence electrons. The van der Waals surface area contributed by atoms with E-state index in [1.165, 1.54) is 11.8 Å². The molecule has 0 saturated carbocycles. The number of para-hydroxylation sites is 1. The highest BCUT2D eigenvalue weighted by molar-refractivity contribution is 7.99. The van der Waals surface area contributed by atoms with Crippen LogP contribution in [0.2, 0.25) is 0 Å². The fraction of sp³-hybridized carbons (Fsp3) is 0.333. The summed E-state index contributed by atoms with van der Waals surface area (Å²) in [5.74, 6) is 1.04. The lowest BCUT2D eigenvalue weighted by Gasteiger charge is -2.12. The first-order chi connectivity index (χ1) is 17.1. The topological polar surface area (TPSA) is 81.9 Å². The van der Waals surface area contributed by atoms with Gasteiger partial charge in [0.1, 0.15) is 0 Å². The fourth-order valence-corrected chi connectivity index (χ4v) is 4.63. The van der Waals surface area contributed by atoms with Crippen molar-refractivity contribution in [3.8, 4) is 22.6 Å². The number of nitrogens with one attached hydrogen (secondary N) is 1. The van der Waals surface area contributed by atoms with Crippen LogP contribution in [0.1, 0.15) is 27.2 Å². The van der Waals surface area contributed by atoms with Crippen molar-refractivity contribution < 1.29 is 9.53 Å². The molecular formula is C27H31N5O2S. The number of nitrogens with zero attached hydrogens (tertiary/aromatic N) is 4. The van der Waals surface area contributed by atoms with Gasteiger partial charge in [-0.15, -0.1) is 10.2 Å². The number of amides is 1. The number of rotatable bonds is 11. The van der Waals surface area contributed by atoms with Crippen LogP contribution in [0.4, 0.5) is 0 Å². The standard InChI is InChI=1S/C27H31N5O2S/c1-4-32-26(30-31-27(32)35-18-25(33)28-15-10-16-34-19(2)3)22-17-24(20-11-6-5-7-12-20)29-23-14-9-8-13-21(22)23/h5-9,11-14,17,19H,4,10,15-16,18H2,1-3H3,(H,28,33). The van der Waals surface area contributed by atoms with E-state index in [2.05, 4.69) is 51.3 Å². The Bertz CT molecular complexity index is 1270. The summed E-state index contributed by atoms with van der Waals surface area (Å²) < 4.78 is 7.57. The molecule has 2 aromatic heterocycles. The molecule has 0 aliphatic rings. The third kappa shape index (κ3) is 6.26. The first kappa shape index (κ1) is 24.9. The van der Waals surface area contributed by atoms with Crippen LogP contribution in [0.15, 0.2) is 65.8 Å². The molecule has 0 fully saturated rings. The second kappa shape index (κ2) is 12.0. The molecule has 0 aliphatic carbocycles. The van der Waals surface area contributed by atoms with Crippen molar-refractivity contribution in [1.82, 2.24) is 25.1 Å². The van der Waals surface area contributed by atoms with E-state index in [9.17, 15) is 4.79 Å². The minimum Gasteiger partial charge on any atom is -0.379 e. The van der Waals surface area contributed by atoms with Crippen LogP contribution in [0.25, 0.3) is 33.5 Å². The molecule has 0 unspecified atom stereocenters. The zero-order valence-corrected chi connectivity index (χ0v) is 21.2. The third-order valence-corrected chi connectivity index (χ3v) is 6.45. The molecule has 7 nitrogen and oxygen atoms in total. The molecule has 0 bridgehead atoms. The molecule has 1 amide bonds. The highest BCUT2D eigenvalue weighted by Crippen LogP contribution is 2.32. The minimum absolute atomic E-state index is 0.0209. The van der Waals surface area contributed by atoms with Crippen LogP contribution in [0, 0.1) is 0 Å². The van der Waals surface area contributed by atoms with Gasteiger partial charge in [0.25, 0.3) is 0 Å². The van der Waals surface area contributed by atoms with Gasteiger partial charge in [-0.1, -0.05) is 60.3 Å². The van der Waals surface area contributed by atoms with Gasteiger partial charge in [0, 0.05) is 36.2 Å². The maximum atomic E-state index is 12.3. The van der Waals surface area contributed by atoms with Crippen molar-refractivity contribution in [2.75, 3.05) is 18.9 Å². The molecule has 0 radical (unpaired) electrons. The zero-order chi connectivity index (χ0) is 24.6. The number of aromatic nitrogens is 4. The second-order valence-corrected chi connectivity index (χ2v) is 9.34. The molecule has 4 rings (SSSR count). The number of benzene rings is 2. The number of carbonyl (C=O) groups is 1. The van der Waals surface area contributed by atoms with E-state index in [-0.39, 0.29) is 17.8 Å². The minimum atomic E-state index is -0.0209. The van der Waals surface area contributed by atoms with E-state index < -0.39 is 0 Å². The van der Waals surface area contributed by atoms with Gasteiger partial charge in [0.15, 0.2) is 11.0 Å². The third-order valence-electron chi connectivity index (χ3n) is 5.49. The number of pyridine rings is 1. The normalized spacial score (nSPS) is 11.3. The van der Waals surface area contributed by atoms with Crippen LogP contribution < -0.4 is 5.32 Å². The van der Waals surface area contributed by atoms with Gasteiger partial charge >= 0.3 is 0 Å². The molecule has 0 atom stereocenters. The van der Waals surface area contributed by atoms with Crippen LogP contribution in [-0.4, -0.2) is 50.7 Å². The lowest BCUT2D eigenvalue weighted by atomic mass is 10.0. The number of fused-ring (bicyclic) bond motifs is 1. The maximum absolute atomic E-state index is 12.3. The van der Waals surface area contributed by atoms with Gasteiger partial charge in [-0.25, -0.2) is 4.98 Å². The predicted molar refractivity (Wildman–Crippen MR) is 141 cm³/mol. The Morgan fingerprint density at radius 2 is 1.86 bits per heavy atom. The molecule has 2 heterocycles. The van der Waals surface area contributed by atoms with Crippen molar-refractivity contribution in [3.63, 3.8) is 0 Å². The highest BCUT2D eigenvalue weighted by Gasteiger charge is 2.18. The monoisotopic (exact) mass is 489 g/mol. The summed E-state index contributed by atoms with van der Waals surface area (Å²) in [6.07, 6.45) is 1.00. The number of carbonyl (C=O) groups excluding carboxylic acids is 1. The van der Waals surface area contributed by atoms with E-state index in [1.807, 2.05) is 50.2 Å². The van der Waals surface area contributed by atoms with E-state index in [1.54, 1.807) is 0 Å². The van der Waals surface area contributed by atoms with Gasteiger partial charge in [-0.2, -0.15) is 0 Å². The van der Waals surface area contributed by atoms with Gasteiger partial charge in [0.05, 0.1) is 23.1 Å². The van der Waals surface area contributed by atoms with Crippen LogP contribution in [-0.2, 0) is 16.1 Å². The second-order valence-electron chi connectivity index (χ2n) is 8.40. The average Bonchev–Trinajstić information content (AvgIpc) is 3.29. The summed E-state index contributed by atoms with van der Waals surface area (Å²) >= 11 is 1.40. The first-order valence-electron chi connectivity index (χ1n) is 12.0. The molecule has 8 heteroatoms. The zero-order valence-electron chi connectivity index (χ0n) is 20.4. The molecule has 35 heavy (non-hydrogen) atoms. The largest absolute Gasteiger partial charge is 0.379 e. The molecule has 2 aromatic carbocycles. The van der Waals surface area contributed by atoms with Crippen LogP contribution >= 0.6 is 11.8 Å². The number of hydrogen-bond donors (Lipinski definition) is 1. The molecule has 1 N–H and O–H groups in total. The average molecular weight is 490 g/mol. The highest BCUT2D eigenvalue weighted by atomic mass is 32.2. The predicted octanol–water partition coefficient (Wildman–Crippen LogP) is 5.20. The summed E-state index contributed by atoms with van der Waals surface area (Å²) in [6.45, 7) is 8.01. The number of ether oxygens (including phenoxy) is 1.